The Labute approximate surface area is 153 Å². The number of carbonyl (C=O) groups is 4. The van der Waals surface area contributed by atoms with Crippen LogP contribution in [0.3, 0.4) is 0 Å². The van der Waals surface area contributed by atoms with Gasteiger partial charge in [-0.25, -0.2) is 13.6 Å². The lowest BCUT2D eigenvalue weighted by Gasteiger charge is -2.23. The highest BCUT2D eigenvalue weighted by atomic mass is 19.2. The number of amides is 1. The minimum Gasteiger partial charge on any atom is -0.469 e. The van der Waals surface area contributed by atoms with Gasteiger partial charge in [0.15, 0.2) is 11.6 Å². The summed E-state index contributed by atoms with van der Waals surface area (Å²) in [6, 6.07) is 1.33. The van der Waals surface area contributed by atoms with Crippen LogP contribution in [0, 0.1) is 17.6 Å². The Bertz CT molecular complexity index is 723. The van der Waals surface area contributed by atoms with Crippen LogP contribution < -0.4 is 5.32 Å². The smallest absolute Gasteiger partial charge is 0.329 e. The summed E-state index contributed by atoms with van der Waals surface area (Å²) in [6.07, 6.45) is -0.953. The van der Waals surface area contributed by atoms with E-state index in [9.17, 15) is 28.0 Å². The van der Waals surface area contributed by atoms with Gasteiger partial charge in [0.05, 0.1) is 40.1 Å². The van der Waals surface area contributed by atoms with Crippen molar-refractivity contribution in [3.8, 4) is 0 Å². The molecule has 1 rings (SSSR count). The minimum atomic E-state index is -1.54. The fourth-order valence-corrected chi connectivity index (χ4v) is 2.26. The Hall–Kier alpha value is -3.04. The lowest BCUT2D eigenvalue weighted by Crippen LogP contribution is -2.50. The average Bonchev–Trinajstić information content (AvgIpc) is 2.65. The maximum Gasteiger partial charge on any atom is 0.329 e. The lowest BCUT2D eigenvalue weighted by molar-refractivity contribution is -0.159. The van der Waals surface area contributed by atoms with Gasteiger partial charge in [-0.05, 0) is 17.7 Å². The molecule has 1 amide bonds. The first kappa shape index (κ1) is 22.0. The number of hydrogen-bond acceptors (Lipinski definition) is 7. The van der Waals surface area contributed by atoms with Gasteiger partial charge in [0.25, 0.3) is 0 Å². The van der Waals surface area contributed by atoms with E-state index < -0.39 is 60.3 Å². The van der Waals surface area contributed by atoms with E-state index in [0.717, 1.165) is 33.5 Å². The topological polar surface area (TPSA) is 108 Å². The summed E-state index contributed by atoms with van der Waals surface area (Å²) in [5.74, 6) is -7.14. The van der Waals surface area contributed by atoms with Crippen molar-refractivity contribution in [3.63, 3.8) is 0 Å². The molecule has 0 spiro atoms. The number of nitrogens with one attached hydrogen (secondary N) is 1. The zero-order valence-electron chi connectivity index (χ0n) is 14.9. The van der Waals surface area contributed by atoms with Crippen LogP contribution in [0.5, 0.6) is 0 Å². The van der Waals surface area contributed by atoms with E-state index in [2.05, 4.69) is 19.5 Å². The summed E-state index contributed by atoms with van der Waals surface area (Å²) >= 11 is 0. The van der Waals surface area contributed by atoms with Gasteiger partial charge in [0.1, 0.15) is 6.04 Å². The number of rotatable bonds is 8. The summed E-state index contributed by atoms with van der Waals surface area (Å²) in [5, 5.41) is 2.26. The minimum absolute atomic E-state index is 0.137. The van der Waals surface area contributed by atoms with Gasteiger partial charge >= 0.3 is 17.9 Å². The second kappa shape index (κ2) is 10.2. The number of carbonyl (C=O) groups excluding carboxylic acids is 4. The van der Waals surface area contributed by atoms with Gasteiger partial charge in [-0.2, -0.15) is 0 Å². The van der Waals surface area contributed by atoms with Crippen molar-refractivity contribution in [1.29, 1.82) is 0 Å². The predicted molar refractivity (Wildman–Crippen MR) is 86.1 cm³/mol. The molecule has 0 aliphatic heterocycles. The van der Waals surface area contributed by atoms with E-state index in [0.29, 0.717) is 0 Å². The lowest BCUT2D eigenvalue weighted by atomic mass is 9.95. The zero-order valence-corrected chi connectivity index (χ0v) is 14.9. The molecule has 1 aromatic rings. The van der Waals surface area contributed by atoms with Crippen LogP contribution in [0.25, 0.3) is 0 Å². The highest BCUT2D eigenvalue weighted by Gasteiger charge is 2.38. The van der Waals surface area contributed by atoms with Crippen LogP contribution in [0.1, 0.15) is 12.0 Å². The van der Waals surface area contributed by atoms with E-state index in [4.69, 9.17) is 0 Å². The van der Waals surface area contributed by atoms with E-state index in [-0.39, 0.29) is 5.56 Å². The summed E-state index contributed by atoms with van der Waals surface area (Å²) in [5.41, 5.74) is 0.137. The first-order valence-electron chi connectivity index (χ1n) is 7.69. The second-order valence-electron chi connectivity index (χ2n) is 5.40. The van der Waals surface area contributed by atoms with Gasteiger partial charge < -0.3 is 19.5 Å². The van der Waals surface area contributed by atoms with Gasteiger partial charge in [-0.15, -0.1) is 0 Å². The molecule has 27 heavy (non-hydrogen) atoms. The van der Waals surface area contributed by atoms with Crippen molar-refractivity contribution >= 4 is 23.8 Å². The highest BCUT2D eigenvalue weighted by Crippen LogP contribution is 2.15. The van der Waals surface area contributed by atoms with Crippen LogP contribution in [-0.2, 0) is 39.8 Å². The van der Waals surface area contributed by atoms with E-state index in [1.807, 2.05) is 0 Å². The van der Waals surface area contributed by atoms with Crippen LogP contribution in [0.4, 0.5) is 8.78 Å². The van der Waals surface area contributed by atoms with Gasteiger partial charge in [-0.1, -0.05) is 6.07 Å². The van der Waals surface area contributed by atoms with Crippen molar-refractivity contribution in [2.75, 3.05) is 21.3 Å². The molecular weight excluding hydrogens is 368 g/mol. The molecule has 0 bridgehead atoms. The SMILES string of the molecule is COC(=O)C[C@H](C(=O)OC)[C@H](NC(=O)Cc1ccc(F)c(F)c1)C(=O)OC. The van der Waals surface area contributed by atoms with Crippen LogP contribution in [-0.4, -0.2) is 51.2 Å². The fraction of sp³-hybridized carbons (Fsp3) is 0.412. The Morgan fingerprint density at radius 2 is 1.59 bits per heavy atom. The molecule has 2 atom stereocenters. The monoisotopic (exact) mass is 387 g/mol. The molecule has 1 aromatic carbocycles. The average molecular weight is 387 g/mol. The molecule has 8 nitrogen and oxygen atoms in total. The maximum absolute atomic E-state index is 13.2. The molecule has 148 valence electrons. The largest absolute Gasteiger partial charge is 0.469 e. The van der Waals surface area contributed by atoms with E-state index >= 15 is 0 Å². The van der Waals surface area contributed by atoms with Gasteiger partial charge in [0.2, 0.25) is 5.91 Å². The van der Waals surface area contributed by atoms with E-state index in [1.54, 1.807) is 0 Å². The molecule has 0 fully saturated rings. The van der Waals surface area contributed by atoms with Crippen molar-refractivity contribution in [1.82, 2.24) is 5.32 Å². The van der Waals surface area contributed by atoms with Crippen LogP contribution in [0.2, 0.25) is 0 Å². The zero-order chi connectivity index (χ0) is 20.6. The number of benzene rings is 1. The van der Waals surface area contributed by atoms with Crippen LogP contribution >= 0.6 is 0 Å². The normalized spacial score (nSPS) is 12.5. The molecule has 1 N–H and O–H groups in total. The third-order valence-corrected chi connectivity index (χ3v) is 3.64. The number of hydrogen-bond donors (Lipinski definition) is 1. The molecule has 0 aromatic heterocycles. The highest BCUT2D eigenvalue weighted by molar-refractivity contribution is 5.91. The Morgan fingerprint density at radius 3 is 2.11 bits per heavy atom. The van der Waals surface area contributed by atoms with Crippen molar-refractivity contribution in [3.05, 3.63) is 35.4 Å². The van der Waals surface area contributed by atoms with Crippen molar-refractivity contribution in [2.24, 2.45) is 5.92 Å². The Morgan fingerprint density at radius 1 is 0.963 bits per heavy atom. The summed E-state index contributed by atoms with van der Waals surface area (Å²) in [6.45, 7) is 0. The molecule has 0 aliphatic rings. The number of esters is 3. The fourth-order valence-electron chi connectivity index (χ4n) is 2.26. The summed E-state index contributed by atoms with van der Waals surface area (Å²) in [7, 11) is 3.17. The molecule has 0 heterocycles. The van der Waals surface area contributed by atoms with E-state index in [1.165, 1.54) is 6.07 Å². The number of methoxy groups -OCH3 is 3. The van der Waals surface area contributed by atoms with Gasteiger partial charge in [0, 0.05) is 0 Å². The predicted octanol–water partition coefficient (Wildman–Crippen LogP) is 0.517. The van der Waals surface area contributed by atoms with Gasteiger partial charge in [-0.3, -0.25) is 14.4 Å². The number of ether oxygens (including phenoxy) is 3. The standard InChI is InChI=1S/C17H19F2NO7/c1-25-14(22)8-10(16(23)26-2)15(17(24)27-3)20-13(21)7-9-4-5-11(18)12(19)6-9/h4-6,10,15H,7-8H2,1-3H3,(H,20,21)/t10-,15-/m0/s1. The molecule has 0 aliphatic carbocycles. The quantitative estimate of drug-likeness (QED) is 0.512. The summed E-state index contributed by atoms with van der Waals surface area (Å²) < 4.78 is 39.8. The van der Waals surface area contributed by atoms with Crippen molar-refractivity contribution in [2.45, 2.75) is 18.9 Å². The maximum atomic E-state index is 13.2. The molecule has 0 radical (unpaired) electrons. The molecular formula is C17H19F2NO7. The summed E-state index contributed by atoms with van der Waals surface area (Å²) in [4.78, 5) is 47.7. The third-order valence-electron chi connectivity index (χ3n) is 3.64. The first-order chi connectivity index (χ1) is 12.7. The molecule has 0 saturated carbocycles. The molecule has 0 saturated heterocycles. The molecule has 10 heteroatoms. The molecule has 0 unspecified atom stereocenters. The van der Waals surface area contributed by atoms with Crippen LogP contribution in [0.15, 0.2) is 18.2 Å². The Balaban J connectivity index is 3.01. The second-order valence-corrected chi connectivity index (χ2v) is 5.40. The van der Waals surface area contributed by atoms with Crippen molar-refractivity contribution < 1.29 is 42.2 Å². The Kier molecular flexibility index (Phi) is 8.31. The number of halogens is 2. The third kappa shape index (κ3) is 6.32. The first-order valence-corrected chi connectivity index (χ1v) is 7.69.